The lowest BCUT2D eigenvalue weighted by Crippen LogP contribution is -2.26. The van der Waals surface area contributed by atoms with Crippen molar-refractivity contribution < 1.29 is 8.78 Å². The van der Waals surface area contributed by atoms with Crippen molar-refractivity contribution in [2.24, 2.45) is 5.73 Å². The molecule has 0 bridgehead atoms. The zero-order valence-corrected chi connectivity index (χ0v) is 11.2. The highest BCUT2D eigenvalue weighted by molar-refractivity contribution is 5.46. The largest absolute Gasteiger partial charge is 0.354 e. The number of hydrogen-bond donors (Lipinski definition) is 1. The van der Waals surface area contributed by atoms with Crippen LogP contribution < -0.4 is 10.6 Å². The Morgan fingerprint density at radius 2 is 2.11 bits per heavy atom. The van der Waals surface area contributed by atoms with Gasteiger partial charge >= 0.3 is 0 Å². The highest BCUT2D eigenvalue weighted by atomic mass is 19.3. The van der Waals surface area contributed by atoms with Crippen LogP contribution >= 0.6 is 0 Å². The van der Waals surface area contributed by atoms with E-state index in [1.807, 2.05) is 19.9 Å². The number of halogens is 2. The number of hydrogen-bond acceptors (Lipinski definition) is 3. The summed E-state index contributed by atoms with van der Waals surface area (Å²) in [5.74, 6) is 0.601. The van der Waals surface area contributed by atoms with Crippen LogP contribution in [0.3, 0.4) is 0 Å². The number of pyridine rings is 1. The first-order chi connectivity index (χ1) is 8.43. The van der Waals surface area contributed by atoms with E-state index in [1.54, 1.807) is 13.2 Å². The first-order valence-corrected chi connectivity index (χ1v) is 6.14. The van der Waals surface area contributed by atoms with E-state index >= 15 is 0 Å². The maximum atomic E-state index is 12.3. The molecule has 2 N–H and O–H groups in total. The summed E-state index contributed by atoms with van der Waals surface area (Å²) in [6.45, 7) is 3.61. The third kappa shape index (κ3) is 4.22. The molecule has 3 nitrogen and oxygen atoms in total. The number of rotatable bonds is 6. The molecule has 0 spiro atoms. The molecule has 1 unspecified atom stereocenters. The van der Waals surface area contributed by atoms with Gasteiger partial charge in [0.1, 0.15) is 5.82 Å². The van der Waals surface area contributed by atoms with Crippen molar-refractivity contribution in [3.8, 4) is 0 Å². The van der Waals surface area contributed by atoms with E-state index < -0.39 is 6.43 Å². The van der Waals surface area contributed by atoms with E-state index in [1.165, 1.54) is 4.90 Å². The Morgan fingerprint density at radius 1 is 1.44 bits per heavy atom. The monoisotopic (exact) mass is 257 g/mol. The second kappa shape index (κ2) is 6.64. The summed E-state index contributed by atoms with van der Waals surface area (Å²) >= 11 is 0. The Morgan fingerprint density at radius 3 is 2.61 bits per heavy atom. The summed E-state index contributed by atoms with van der Waals surface area (Å²) < 4.78 is 24.6. The molecule has 0 saturated carbocycles. The van der Waals surface area contributed by atoms with E-state index in [0.717, 1.165) is 24.0 Å². The van der Waals surface area contributed by atoms with Gasteiger partial charge in [0.05, 0.1) is 6.54 Å². The number of anilines is 1. The standard InChI is InChI=1S/C13H21F2N3/c1-4-11(16)6-10-5-9(2)13(17-7-10)18(3)8-12(14)15/h5,7,11-12H,4,6,8,16H2,1-3H3. The van der Waals surface area contributed by atoms with Crippen LogP contribution in [0.25, 0.3) is 0 Å². The van der Waals surface area contributed by atoms with Crippen LogP contribution in [0, 0.1) is 6.92 Å². The van der Waals surface area contributed by atoms with Crippen molar-refractivity contribution in [2.45, 2.75) is 39.2 Å². The lowest BCUT2D eigenvalue weighted by Gasteiger charge is -2.20. The molecule has 18 heavy (non-hydrogen) atoms. The van der Waals surface area contributed by atoms with Crippen molar-refractivity contribution in [1.82, 2.24) is 4.98 Å². The molecule has 0 aromatic carbocycles. The molecule has 0 amide bonds. The van der Waals surface area contributed by atoms with E-state index in [2.05, 4.69) is 4.98 Å². The molecule has 0 radical (unpaired) electrons. The van der Waals surface area contributed by atoms with E-state index in [9.17, 15) is 8.78 Å². The maximum absolute atomic E-state index is 12.3. The first-order valence-electron chi connectivity index (χ1n) is 6.14. The van der Waals surface area contributed by atoms with E-state index in [-0.39, 0.29) is 12.6 Å². The van der Waals surface area contributed by atoms with Crippen LogP contribution in [0.15, 0.2) is 12.3 Å². The van der Waals surface area contributed by atoms with Crippen LogP contribution in [-0.2, 0) is 6.42 Å². The molecule has 0 saturated heterocycles. The van der Waals surface area contributed by atoms with Crippen molar-refractivity contribution in [3.05, 3.63) is 23.4 Å². The lowest BCUT2D eigenvalue weighted by atomic mass is 10.0. The molecule has 1 atom stereocenters. The van der Waals surface area contributed by atoms with Crippen LogP contribution in [0.4, 0.5) is 14.6 Å². The van der Waals surface area contributed by atoms with Gasteiger partial charge in [0.25, 0.3) is 6.43 Å². The quantitative estimate of drug-likeness (QED) is 0.850. The van der Waals surface area contributed by atoms with Gasteiger partial charge < -0.3 is 10.6 Å². The highest BCUT2D eigenvalue weighted by Gasteiger charge is 2.12. The minimum absolute atomic E-state index is 0.121. The first kappa shape index (κ1) is 14.8. The van der Waals surface area contributed by atoms with Gasteiger partial charge in [0.15, 0.2) is 0 Å². The molecule has 102 valence electrons. The SMILES string of the molecule is CCC(N)Cc1cnc(N(C)CC(F)F)c(C)c1. The molecule has 5 heteroatoms. The summed E-state index contributed by atoms with van der Waals surface area (Å²) in [7, 11) is 1.62. The van der Waals surface area contributed by atoms with Crippen molar-refractivity contribution >= 4 is 5.82 Å². The zero-order valence-electron chi connectivity index (χ0n) is 11.2. The fraction of sp³-hybridized carbons (Fsp3) is 0.615. The molecule has 1 aromatic rings. The Kier molecular flexibility index (Phi) is 5.47. The smallest absolute Gasteiger partial charge is 0.255 e. The molecule has 1 heterocycles. The molecular formula is C13H21F2N3. The average Bonchev–Trinajstić information content (AvgIpc) is 2.27. The Balaban J connectivity index is 2.79. The lowest BCUT2D eigenvalue weighted by molar-refractivity contribution is 0.156. The Labute approximate surface area is 107 Å². The van der Waals surface area contributed by atoms with Crippen LogP contribution in [0.2, 0.25) is 0 Å². The highest BCUT2D eigenvalue weighted by Crippen LogP contribution is 2.18. The van der Waals surface area contributed by atoms with Crippen LogP contribution in [-0.4, -0.2) is 31.0 Å². The van der Waals surface area contributed by atoms with Gasteiger partial charge in [-0.1, -0.05) is 13.0 Å². The molecule has 0 aliphatic rings. The van der Waals surface area contributed by atoms with Crippen molar-refractivity contribution in [2.75, 3.05) is 18.5 Å². The average molecular weight is 257 g/mol. The fourth-order valence-electron chi connectivity index (χ4n) is 1.88. The van der Waals surface area contributed by atoms with Crippen LogP contribution in [0.5, 0.6) is 0 Å². The summed E-state index contributed by atoms with van der Waals surface area (Å²) in [6, 6.07) is 2.09. The summed E-state index contributed by atoms with van der Waals surface area (Å²) in [5.41, 5.74) is 7.84. The minimum atomic E-state index is -2.36. The maximum Gasteiger partial charge on any atom is 0.255 e. The van der Waals surface area contributed by atoms with Gasteiger partial charge in [-0.25, -0.2) is 13.8 Å². The van der Waals surface area contributed by atoms with Gasteiger partial charge in [-0.15, -0.1) is 0 Å². The topological polar surface area (TPSA) is 42.1 Å². The number of aromatic nitrogens is 1. The van der Waals surface area contributed by atoms with E-state index in [4.69, 9.17) is 5.73 Å². The van der Waals surface area contributed by atoms with Crippen molar-refractivity contribution in [1.29, 1.82) is 0 Å². The van der Waals surface area contributed by atoms with E-state index in [0.29, 0.717) is 5.82 Å². The second-order valence-electron chi connectivity index (χ2n) is 4.63. The molecule has 1 rings (SSSR count). The molecule has 0 aliphatic carbocycles. The van der Waals surface area contributed by atoms with Gasteiger partial charge in [-0.05, 0) is 30.9 Å². The van der Waals surface area contributed by atoms with Crippen molar-refractivity contribution in [3.63, 3.8) is 0 Å². The van der Waals surface area contributed by atoms with Gasteiger partial charge in [0, 0.05) is 19.3 Å². The number of aryl methyl sites for hydroxylation is 1. The number of nitrogens with zero attached hydrogens (tertiary/aromatic N) is 2. The normalized spacial score (nSPS) is 12.8. The zero-order chi connectivity index (χ0) is 13.7. The van der Waals surface area contributed by atoms with Crippen LogP contribution in [0.1, 0.15) is 24.5 Å². The number of alkyl halides is 2. The Hall–Kier alpha value is -1.23. The molecule has 0 fully saturated rings. The fourth-order valence-corrected chi connectivity index (χ4v) is 1.88. The van der Waals surface area contributed by atoms with Gasteiger partial charge in [0.2, 0.25) is 0 Å². The molecule has 1 aromatic heterocycles. The van der Waals surface area contributed by atoms with Gasteiger partial charge in [-0.3, -0.25) is 0 Å². The Bertz CT molecular complexity index is 382. The predicted octanol–water partition coefficient (Wildman–Crippen LogP) is 2.37. The molecule has 0 aliphatic heterocycles. The minimum Gasteiger partial charge on any atom is -0.354 e. The molecular weight excluding hydrogens is 236 g/mol. The second-order valence-corrected chi connectivity index (χ2v) is 4.63. The van der Waals surface area contributed by atoms with Gasteiger partial charge in [-0.2, -0.15) is 0 Å². The summed E-state index contributed by atoms with van der Waals surface area (Å²) in [4.78, 5) is 5.73. The predicted molar refractivity (Wildman–Crippen MR) is 70.2 cm³/mol. The number of nitrogens with two attached hydrogens (primary N) is 1. The summed E-state index contributed by atoms with van der Waals surface area (Å²) in [6.07, 6.45) is 1.04. The summed E-state index contributed by atoms with van der Waals surface area (Å²) in [5, 5.41) is 0. The third-order valence-corrected chi connectivity index (χ3v) is 2.90. The third-order valence-electron chi connectivity index (χ3n) is 2.90.